The lowest BCUT2D eigenvalue weighted by Gasteiger charge is -2.30. The van der Waals surface area contributed by atoms with Gasteiger partial charge in [0.1, 0.15) is 12.6 Å². The number of aliphatic carboxylic acids is 1. The third-order valence-electron chi connectivity index (χ3n) is 5.78. The van der Waals surface area contributed by atoms with Gasteiger partial charge in [-0.05, 0) is 18.4 Å². The van der Waals surface area contributed by atoms with Gasteiger partial charge in [0.15, 0.2) is 5.96 Å². The highest BCUT2D eigenvalue weighted by molar-refractivity contribution is 5.88. The normalized spacial score (nSPS) is 16.6. The van der Waals surface area contributed by atoms with Crippen molar-refractivity contribution in [1.82, 2.24) is 26.2 Å². The largest absolute Gasteiger partial charge is 0.480 e. The lowest BCUT2D eigenvalue weighted by atomic mass is 9.95. The first-order chi connectivity index (χ1) is 17.4. The first kappa shape index (κ1) is 26.5. The fraction of sp³-hybridized carbons (Fsp3) is 0.458. The number of hydrogen-bond acceptors (Lipinski definition) is 8. The number of carbonyl (C=O) groups excluding carboxylic acids is 3. The van der Waals surface area contributed by atoms with Crippen molar-refractivity contribution in [3.05, 3.63) is 48.0 Å². The fourth-order valence-corrected chi connectivity index (χ4v) is 3.75. The Balaban J connectivity index is 1.34. The number of ether oxygens (including phenoxy) is 1. The van der Waals surface area contributed by atoms with Crippen molar-refractivity contribution in [3.8, 4) is 0 Å². The summed E-state index contributed by atoms with van der Waals surface area (Å²) >= 11 is 0. The molecule has 2 heterocycles. The monoisotopic (exact) mass is 500 g/mol. The summed E-state index contributed by atoms with van der Waals surface area (Å²) < 4.78 is 5.05. The molecule has 0 spiro atoms. The number of benzene rings is 1. The van der Waals surface area contributed by atoms with Gasteiger partial charge >= 0.3 is 12.1 Å². The van der Waals surface area contributed by atoms with Crippen LogP contribution < -0.4 is 21.3 Å². The molecule has 3 amide bonds. The molecule has 1 aromatic carbocycles. The van der Waals surface area contributed by atoms with E-state index in [2.05, 4.69) is 26.3 Å². The van der Waals surface area contributed by atoms with Gasteiger partial charge in [-0.15, -0.1) is 0 Å². The van der Waals surface area contributed by atoms with Crippen LogP contribution in [0.15, 0.2) is 47.5 Å². The molecule has 1 aromatic rings. The average Bonchev–Trinajstić information content (AvgIpc) is 3.41. The molecule has 1 atom stereocenters. The van der Waals surface area contributed by atoms with Crippen molar-refractivity contribution in [2.75, 3.05) is 39.3 Å². The first-order valence-electron chi connectivity index (χ1n) is 11.9. The van der Waals surface area contributed by atoms with Crippen LogP contribution in [0.1, 0.15) is 18.4 Å². The summed E-state index contributed by atoms with van der Waals surface area (Å²) in [6.45, 7) is 2.61. The molecule has 0 radical (unpaired) electrons. The topological polar surface area (TPSA) is 161 Å². The number of piperidine rings is 1. The van der Waals surface area contributed by atoms with Crippen LogP contribution in [0.2, 0.25) is 0 Å². The predicted molar refractivity (Wildman–Crippen MR) is 131 cm³/mol. The number of likely N-dealkylation sites (tertiary alicyclic amines) is 1. The number of hydrogen-bond donors (Lipinski definition) is 5. The Morgan fingerprint density at radius 2 is 1.94 bits per heavy atom. The van der Waals surface area contributed by atoms with Crippen LogP contribution in [-0.2, 0) is 25.7 Å². The standard InChI is InChI=1S/C24H32N6O6/c31-20(7-4-10-25-23-26-11-12-27-23)30-13-8-18(9-14-30)21(32)28-15-19(22(33)34)29-24(35)36-16-17-5-2-1-3-6-17/h1-7,18-19H,8-16H2,(H,28,32)(H,29,35)(H,33,34)(H2,25,26,27)/b7-4+/t19-/m0/s1. The number of carbonyl (C=O) groups is 4. The minimum absolute atomic E-state index is 0.000860. The summed E-state index contributed by atoms with van der Waals surface area (Å²) in [7, 11) is 0. The molecule has 0 saturated carbocycles. The lowest BCUT2D eigenvalue weighted by Crippen LogP contribution is -2.50. The van der Waals surface area contributed by atoms with Gasteiger partial charge in [0.05, 0.1) is 6.54 Å². The van der Waals surface area contributed by atoms with Gasteiger partial charge in [-0.2, -0.15) is 0 Å². The van der Waals surface area contributed by atoms with Gasteiger partial charge in [-0.1, -0.05) is 36.4 Å². The quantitative estimate of drug-likeness (QED) is 0.277. The zero-order valence-electron chi connectivity index (χ0n) is 19.9. The third kappa shape index (κ3) is 8.60. The maximum Gasteiger partial charge on any atom is 0.408 e. The SMILES string of the molecule is O=C(N[C@@H](CNC(=O)C1CCN(C(=O)/C=C/CNC2=NCCN2)CC1)C(=O)O)OCc1ccccc1. The minimum atomic E-state index is -1.33. The Morgan fingerprint density at radius 1 is 1.19 bits per heavy atom. The first-order valence-corrected chi connectivity index (χ1v) is 11.9. The molecule has 0 unspecified atom stereocenters. The average molecular weight is 501 g/mol. The number of nitrogens with one attached hydrogen (secondary N) is 4. The molecule has 36 heavy (non-hydrogen) atoms. The van der Waals surface area contributed by atoms with E-state index in [-0.39, 0.29) is 30.9 Å². The second-order valence-corrected chi connectivity index (χ2v) is 8.38. The van der Waals surface area contributed by atoms with E-state index in [1.165, 1.54) is 6.08 Å². The number of alkyl carbamates (subject to hydrolysis) is 1. The van der Waals surface area contributed by atoms with Gasteiger partial charge in [-0.3, -0.25) is 14.6 Å². The number of amides is 3. The van der Waals surface area contributed by atoms with Crippen molar-refractivity contribution >= 4 is 29.8 Å². The second-order valence-electron chi connectivity index (χ2n) is 8.38. The predicted octanol–water partition coefficient (Wildman–Crippen LogP) is -0.174. The van der Waals surface area contributed by atoms with Crippen LogP contribution in [0.4, 0.5) is 4.79 Å². The molecule has 2 aliphatic heterocycles. The number of guanidine groups is 1. The molecule has 0 aliphatic carbocycles. The van der Waals surface area contributed by atoms with E-state index >= 15 is 0 Å². The van der Waals surface area contributed by atoms with Crippen LogP contribution in [0.3, 0.4) is 0 Å². The third-order valence-corrected chi connectivity index (χ3v) is 5.78. The van der Waals surface area contributed by atoms with E-state index in [1.54, 1.807) is 35.2 Å². The van der Waals surface area contributed by atoms with E-state index in [0.717, 1.165) is 24.6 Å². The maximum atomic E-state index is 12.5. The molecule has 5 N–H and O–H groups in total. The number of rotatable bonds is 10. The van der Waals surface area contributed by atoms with Crippen molar-refractivity contribution < 1.29 is 29.0 Å². The molecule has 2 aliphatic rings. The number of carboxylic acid groups (broad SMARTS) is 1. The van der Waals surface area contributed by atoms with Gasteiger partial charge in [0, 0.05) is 44.7 Å². The van der Waals surface area contributed by atoms with E-state index in [0.29, 0.717) is 32.5 Å². The Labute approximate surface area is 209 Å². The molecular formula is C24H32N6O6. The van der Waals surface area contributed by atoms with Crippen LogP contribution in [0, 0.1) is 5.92 Å². The fourth-order valence-electron chi connectivity index (χ4n) is 3.75. The summed E-state index contributed by atoms with van der Waals surface area (Å²) in [5, 5.41) is 20.4. The molecule has 12 heteroatoms. The zero-order valence-corrected chi connectivity index (χ0v) is 19.9. The molecule has 3 rings (SSSR count). The Hall–Kier alpha value is -4.09. The van der Waals surface area contributed by atoms with Gasteiger partial charge in [-0.25, -0.2) is 9.59 Å². The van der Waals surface area contributed by atoms with Crippen LogP contribution >= 0.6 is 0 Å². The van der Waals surface area contributed by atoms with Gasteiger partial charge in [0.25, 0.3) is 0 Å². The lowest BCUT2D eigenvalue weighted by molar-refractivity contribution is -0.139. The Bertz CT molecular complexity index is 975. The highest BCUT2D eigenvalue weighted by Crippen LogP contribution is 2.17. The van der Waals surface area contributed by atoms with Gasteiger partial charge in [0.2, 0.25) is 11.8 Å². The Morgan fingerprint density at radius 3 is 2.61 bits per heavy atom. The molecule has 1 saturated heterocycles. The van der Waals surface area contributed by atoms with E-state index in [9.17, 15) is 24.3 Å². The summed E-state index contributed by atoms with van der Waals surface area (Å²) in [4.78, 5) is 54.3. The van der Waals surface area contributed by atoms with E-state index in [1.807, 2.05) is 6.07 Å². The summed E-state index contributed by atoms with van der Waals surface area (Å²) in [5.41, 5.74) is 0.765. The molecule has 12 nitrogen and oxygen atoms in total. The Kier molecular flexibility index (Phi) is 10.1. The summed E-state index contributed by atoms with van der Waals surface area (Å²) in [6, 6.07) is 7.65. The molecular weight excluding hydrogens is 468 g/mol. The van der Waals surface area contributed by atoms with Crippen molar-refractivity contribution in [1.29, 1.82) is 0 Å². The molecule has 0 aromatic heterocycles. The van der Waals surface area contributed by atoms with E-state index < -0.39 is 18.1 Å². The van der Waals surface area contributed by atoms with Crippen molar-refractivity contribution in [3.63, 3.8) is 0 Å². The molecule has 1 fully saturated rings. The van der Waals surface area contributed by atoms with E-state index in [4.69, 9.17) is 4.74 Å². The highest BCUT2D eigenvalue weighted by Gasteiger charge is 2.28. The highest BCUT2D eigenvalue weighted by atomic mass is 16.5. The van der Waals surface area contributed by atoms with Crippen LogP contribution in [-0.4, -0.2) is 85.2 Å². The molecule has 0 bridgehead atoms. The number of nitrogens with zero attached hydrogens (tertiary/aromatic N) is 2. The number of carboxylic acids is 1. The van der Waals surface area contributed by atoms with Crippen molar-refractivity contribution in [2.45, 2.75) is 25.5 Å². The number of aliphatic imine (C=N–C) groups is 1. The summed E-state index contributed by atoms with van der Waals surface area (Å²) in [6.07, 6.45) is 3.28. The van der Waals surface area contributed by atoms with Crippen LogP contribution in [0.5, 0.6) is 0 Å². The second kappa shape index (κ2) is 13.7. The smallest absolute Gasteiger partial charge is 0.408 e. The summed E-state index contributed by atoms with van der Waals surface area (Å²) in [5.74, 6) is -1.34. The minimum Gasteiger partial charge on any atom is -0.480 e. The molecule has 194 valence electrons. The van der Waals surface area contributed by atoms with Gasteiger partial charge < -0.3 is 36.0 Å². The van der Waals surface area contributed by atoms with Crippen molar-refractivity contribution in [2.24, 2.45) is 10.9 Å². The zero-order chi connectivity index (χ0) is 25.8. The van der Waals surface area contributed by atoms with Crippen LogP contribution in [0.25, 0.3) is 0 Å². The maximum absolute atomic E-state index is 12.5.